The molecule has 3 heteroatoms. The average Bonchev–Trinajstić information content (AvgIpc) is 2.28. The Hall–Kier alpha value is -0.570. The zero-order valence-electron chi connectivity index (χ0n) is 11.2. The normalized spacial score (nSPS) is 10.4. The molecule has 16 heavy (non-hydrogen) atoms. The zero-order chi connectivity index (χ0) is 12.2. The fourth-order valence-corrected chi connectivity index (χ4v) is 1.68. The number of unbranched alkanes of at least 4 members (excludes halogenated alkanes) is 1. The Bertz CT molecular complexity index is 165. The molecule has 0 radical (unpaired) electrons. The summed E-state index contributed by atoms with van der Waals surface area (Å²) in [4.78, 5) is 13.8. The molecule has 0 unspecified atom stereocenters. The van der Waals surface area contributed by atoms with Crippen molar-refractivity contribution in [1.29, 1.82) is 0 Å². The van der Waals surface area contributed by atoms with Crippen LogP contribution in [0, 0.1) is 0 Å². The smallest absolute Gasteiger partial charge is 0.223 e. The second kappa shape index (κ2) is 10.9. The highest BCUT2D eigenvalue weighted by Crippen LogP contribution is 1.98. The van der Waals surface area contributed by atoms with Crippen LogP contribution >= 0.6 is 0 Å². The molecule has 0 heterocycles. The number of rotatable bonds is 10. The van der Waals surface area contributed by atoms with E-state index in [1.54, 1.807) is 0 Å². The summed E-state index contributed by atoms with van der Waals surface area (Å²) in [7, 11) is 0. The van der Waals surface area contributed by atoms with E-state index in [4.69, 9.17) is 0 Å². The molecular formula is C13H28N2O. The van der Waals surface area contributed by atoms with Gasteiger partial charge in [-0.1, -0.05) is 27.2 Å². The summed E-state index contributed by atoms with van der Waals surface area (Å²) in [5.74, 6) is 0.299. The van der Waals surface area contributed by atoms with Crippen LogP contribution in [0.4, 0.5) is 0 Å². The molecule has 0 atom stereocenters. The Labute approximate surface area is 101 Å². The molecule has 0 aliphatic rings. The summed E-state index contributed by atoms with van der Waals surface area (Å²) < 4.78 is 0. The van der Waals surface area contributed by atoms with E-state index in [1.165, 1.54) is 12.8 Å². The summed E-state index contributed by atoms with van der Waals surface area (Å²) >= 11 is 0. The van der Waals surface area contributed by atoms with E-state index < -0.39 is 0 Å². The summed E-state index contributed by atoms with van der Waals surface area (Å²) in [5, 5.41) is 3.31. The van der Waals surface area contributed by atoms with Gasteiger partial charge in [0, 0.05) is 26.1 Å². The summed E-state index contributed by atoms with van der Waals surface area (Å²) in [5.41, 5.74) is 0. The fourth-order valence-electron chi connectivity index (χ4n) is 1.68. The highest BCUT2D eigenvalue weighted by atomic mass is 16.2. The lowest BCUT2D eigenvalue weighted by Crippen LogP contribution is -2.34. The Morgan fingerprint density at radius 2 is 1.62 bits per heavy atom. The van der Waals surface area contributed by atoms with E-state index in [0.717, 1.165) is 39.0 Å². The molecule has 1 N–H and O–H groups in total. The van der Waals surface area contributed by atoms with Crippen LogP contribution in [-0.2, 0) is 4.79 Å². The second-order valence-electron chi connectivity index (χ2n) is 4.23. The molecule has 0 saturated carbocycles. The van der Waals surface area contributed by atoms with Gasteiger partial charge in [-0.15, -0.1) is 0 Å². The lowest BCUT2D eigenvalue weighted by molar-refractivity contribution is -0.131. The van der Waals surface area contributed by atoms with Crippen LogP contribution in [0.2, 0.25) is 0 Å². The van der Waals surface area contributed by atoms with Crippen molar-refractivity contribution >= 4 is 5.91 Å². The SMILES string of the molecule is CCCCNCCC(=O)N(CCC)CCC. The summed E-state index contributed by atoms with van der Waals surface area (Å²) in [6, 6.07) is 0. The van der Waals surface area contributed by atoms with Crippen LogP contribution in [0.25, 0.3) is 0 Å². The van der Waals surface area contributed by atoms with Gasteiger partial charge in [0.15, 0.2) is 0 Å². The predicted octanol–water partition coefficient (Wildman–Crippen LogP) is 2.41. The molecule has 0 aromatic heterocycles. The highest BCUT2D eigenvalue weighted by molar-refractivity contribution is 5.76. The second-order valence-corrected chi connectivity index (χ2v) is 4.23. The Balaban J connectivity index is 3.65. The van der Waals surface area contributed by atoms with Crippen molar-refractivity contribution in [2.75, 3.05) is 26.2 Å². The van der Waals surface area contributed by atoms with E-state index in [0.29, 0.717) is 12.3 Å². The number of hydrogen-bond donors (Lipinski definition) is 1. The molecule has 0 bridgehead atoms. The number of hydrogen-bond acceptors (Lipinski definition) is 2. The Morgan fingerprint density at radius 3 is 2.12 bits per heavy atom. The number of nitrogens with zero attached hydrogens (tertiary/aromatic N) is 1. The average molecular weight is 228 g/mol. The van der Waals surface area contributed by atoms with Gasteiger partial charge in [0.05, 0.1) is 0 Å². The first-order chi connectivity index (χ1) is 7.76. The highest BCUT2D eigenvalue weighted by Gasteiger charge is 2.10. The van der Waals surface area contributed by atoms with Gasteiger partial charge in [-0.2, -0.15) is 0 Å². The molecule has 0 rings (SSSR count). The fraction of sp³-hybridized carbons (Fsp3) is 0.923. The van der Waals surface area contributed by atoms with Crippen molar-refractivity contribution in [3.63, 3.8) is 0 Å². The number of carbonyl (C=O) groups is 1. The van der Waals surface area contributed by atoms with E-state index in [1.807, 2.05) is 4.90 Å². The van der Waals surface area contributed by atoms with Crippen LogP contribution < -0.4 is 5.32 Å². The quantitative estimate of drug-likeness (QED) is 0.582. The molecule has 0 fully saturated rings. The lowest BCUT2D eigenvalue weighted by atomic mass is 10.3. The number of carbonyl (C=O) groups excluding carboxylic acids is 1. The minimum atomic E-state index is 0.299. The Morgan fingerprint density at radius 1 is 1.00 bits per heavy atom. The molecule has 0 aromatic carbocycles. The van der Waals surface area contributed by atoms with Crippen molar-refractivity contribution in [3.8, 4) is 0 Å². The van der Waals surface area contributed by atoms with E-state index >= 15 is 0 Å². The molecule has 0 aliphatic heterocycles. The maximum absolute atomic E-state index is 11.8. The van der Waals surface area contributed by atoms with Gasteiger partial charge in [0.25, 0.3) is 0 Å². The van der Waals surface area contributed by atoms with Crippen LogP contribution in [-0.4, -0.2) is 37.0 Å². The van der Waals surface area contributed by atoms with Gasteiger partial charge in [-0.05, 0) is 25.8 Å². The Kier molecular flexibility index (Phi) is 10.5. The van der Waals surface area contributed by atoms with E-state index in [9.17, 15) is 4.79 Å². The topological polar surface area (TPSA) is 32.3 Å². The molecule has 3 nitrogen and oxygen atoms in total. The third-order valence-corrected chi connectivity index (χ3v) is 2.56. The zero-order valence-corrected chi connectivity index (χ0v) is 11.2. The number of amides is 1. The van der Waals surface area contributed by atoms with Crippen LogP contribution in [0.15, 0.2) is 0 Å². The van der Waals surface area contributed by atoms with Crippen molar-refractivity contribution < 1.29 is 4.79 Å². The minimum absolute atomic E-state index is 0.299. The predicted molar refractivity (Wildman–Crippen MR) is 69.6 cm³/mol. The maximum Gasteiger partial charge on any atom is 0.223 e. The first-order valence-corrected chi connectivity index (χ1v) is 6.74. The lowest BCUT2D eigenvalue weighted by Gasteiger charge is -2.21. The third kappa shape index (κ3) is 7.69. The molecule has 96 valence electrons. The summed E-state index contributed by atoms with van der Waals surface area (Å²) in [6.07, 6.45) is 5.15. The van der Waals surface area contributed by atoms with Gasteiger partial charge < -0.3 is 10.2 Å². The van der Waals surface area contributed by atoms with Gasteiger partial charge in [-0.25, -0.2) is 0 Å². The van der Waals surface area contributed by atoms with Crippen LogP contribution in [0.1, 0.15) is 52.9 Å². The largest absolute Gasteiger partial charge is 0.343 e. The molecule has 0 aromatic rings. The molecular weight excluding hydrogens is 200 g/mol. The monoisotopic (exact) mass is 228 g/mol. The van der Waals surface area contributed by atoms with Crippen molar-refractivity contribution in [2.45, 2.75) is 52.9 Å². The van der Waals surface area contributed by atoms with Crippen LogP contribution in [0.3, 0.4) is 0 Å². The van der Waals surface area contributed by atoms with E-state index in [2.05, 4.69) is 26.1 Å². The van der Waals surface area contributed by atoms with Crippen molar-refractivity contribution in [3.05, 3.63) is 0 Å². The van der Waals surface area contributed by atoms with Gasteiger partial charge >= 0.3 is 0 Å². The summed E-state index contributed by atoms with van der Waals surface area (Å²) in [6.45, 7) is 10.1. The molecule has 0 saturated heterocycles. The van der Waals surface area contributed by atoms with Gasteiger partial charge in [-0.3, -0.25) is 4.79 Å². The van der Waals surface area contributed by atoms with Crippen molar-refractivity contribution in [1.82, 2.24) is 10.2 Å². The molecule has 0 aliphatic carbocycles. The first-order valence-electron chi connectivity index (χ1n) is 6.74. The van der Waals surface area contributed by atoms with E-state index in [-0.39, 0.29) is 0 Å². The van der Waals surface area contributed by atoms with Crippen molar-refractivity contribution in [2.24, 2.45) is 0 Å². The first kappa shape index (κ1) is 15.4. The maximum atomic E-state index is 11.8. The van der Waals surface area contributed by atoms with Gasteiger partial charge in [0.2, 0.25) is 5.91 Å². The minimum Gasteiger partial charge on any atom is -0.343 e. The number of nitrogens with one attached hydrogen (secondary N) is 1. The third-order valence-electron chi connectivity index (χ3n) is 2.56. The molecule has 1 amide bonds. The van der Waals surface area contributed by atoms with Gasteiger partial charge in [0.1, 0.15) is 0 Å². The standard InChI is InChI=1S/C13H28N2O/c1-4-7-9-14-10-8-13(16)15(11-5-2)12-6-3/h14H,4-12H2,1-3H3. The molecule has 0 spiro atoms. The van der Waals surface area contributed by atoms with Crippen LogP contribution in [0.5, 0.6) is 0 Å².